The lowest BCUT2D eigenvalue weighted by atomic mass is 9.97. The first-order chi connectivity index (χ1) is 16.0. The average molecular weight is 444 g/mol. The Bertz CT molecular complexity index is 1350. The molecule has 4 rings (SSSR count). The van der Waals surface area contributed by atoms with Gasteiger partial charge in [-0.1, -0.05) is 18.2 Å². The molecule has 0 bridgehead atoms. The second kappa shape index (κ2) is 9.92. The van der Waals surface area contributed by atoms with Crippen molar-refractivity contribution in [1.82, 2.24) is 19.5 Å². The van der Waals surface area contributed by atoms with Crippen LogP contribution in [0, 0.1) is 13.8 Å². The molecule has 0 spiro atoms. The second-order valence-corrected chi connectivity index (χ2v) is 8.14. The van der Waals surface area contributed by atoms with E-state index in [1.165, 1.54) is 0 Å². The fraction of sp³-hybridized carbons (Fsp3) is 0.308. The summed E-state index contributed by atoms with van der Waals surface area (Å²) in [5.74, 6) is 0.499. The molecule has 0 amide bonds. The summed E-state index contributed by atoms with van der Waals surface area (Å²) >= 11 is 0. The van der Waals surface area contributed by atoms with Crippen molar-refractivity contribution in [3.63, 3.8) is 0 Å². The van der Waals surface area contributed by atoms with Gasteiger partial charge in [0.05, 0.1) is 5.69 Å². The molecule has 7 heteroatoms. The zero-order valence-electron chi connectivity index (χ0n) is 19.3. The lowest BCUT2D eigenvalue weighted by Gasteiger charge is -2.15. The molecule has 0 aliphatic carbocycles. The summed E-state index contributed by atoms with van der Waals surface area (Å²) in [5.41, 5.74) is 5.90. The third-order valence-corrected chi connectivity index (χ3v) is 5.65. The quantitative estimate of drug-likeness (QED) is 0.394. The van der Waals surface area contributed by atoms with Crippen LogP contribution in [-0.4, -0.2) is 37.8 Å². The summed E-state index contributed by atoms with van der Waals surface area (Å²) < 4.78 is 1.71. The van der Waals surface area contributed by atoms with Crippen LogP contribution in [0.25, 0.3) is 33.4 Å². The summed E-state index contributed by atoms with van der Waals surface area (Å²) in [6.07, 6.45) is 3.07. The van der Waals surface area contributed by atoms with Crippen LogP contribution in [0.3, 0.4) is 0 Å². The molecule has 0 fully saturated rings. The number of nitrogens with zero attached hydrogens (tertiary/aromatic N) is 4. The first kappa shape index (κ1) is 22.6. The Morgan fingerprint density at radius 2 is 1.88 bits per heavy atom. The van der Waals surface area contributed by atoms with Gasteiger partial charge in [-0.15, -0.1) is 0 Å². The first-order valence-corrected chi connectivity index (χ1v) is 11.3. The summed E-state index contributed by atoms with van der Waals surface area (Å²) in [6.45, 7) is 7.24. The Morgan fingerprint density at radius 3 is 2.61 bits per heavy atom. The van der Waals surface area contributed by atoms with Gasteiger partial charge in [-0.05, 0) is 69.0 Å². The van der Waals surface area contributed by atoms with Gasteiger partial charge in [-0.3, -0.25) is 14.3 Å². The third kappa shape index (κ3) is 4.78. The van der Waals surface area contributed by atoms with E-state index < -0.39 is 0 Å². The minimum atomic E-state index is -0.0916. The highest BCUT2D eigenvalue weighted by atomic mass is 16.3. The van der Waals surface area contributed by atoms with Gasteiger partial charge in [0, 0.05) is 48.1 Å². The molecule has 0 unspecified atom stereocenters. The number of aliphatic hydroxyl groups excluding tert-OH is 1. The van der Waals surface area contributed by atoms with Crippen LogP contribution in [-0.2, 0) is 6.54 Å². The summed E-state index contributed by atoms with van der Waals surface area (Å²) in [4.78, 5) is 27.2. The molecular formula is C26H29N5O2. The maximum atomic E-state index is 13.6. The van der Waals surface area contributed by atoms with Gasteiger partial charge in [-0.25, -0.2) is 4.98 Å². The summed E-state index contributed by atoms with van der Waals surface area (Å²) in [5, 5.41) is 13.1. The number of hydrogen-bond acceptors (Lipinski definition) is 6. The molecule has 4 aromatic rings. The number of hydrogen-bond donors (Lipinski definition) is 2. The topological polar surface area (TPSA) is 92.9 Å². The Balaban J connectivity index is 1.84. The minimum absolute atomic E-state index is 0.0916. The number of nitrogens with one attached hydrogen (secondary N) is 1. The van der Waals surface area contributed by atoms with E-state index in [0.29, 0.717) is 43.1 Å². The Hall–Kier alpha value is -3.58. The molecule has 170 valence electrons. The Morgan fingerprint density at radius 1 is 1.03 bits per heavy atom. The van der Waals surface area contributed by atoms with Gasteiger partial charge in [0.25, 0.3) is 5.56 Å². The molecule has 0 saturated heterocycles. The monoisotopic (exact) mass is 443 g/mol. The van der Waals surface area contributed by atoms with Crippen LogP contribution >= 0.6 is 0 Å². The predicted molar refractivity (Wildman–Crippen MR) is 132 cm³/mol. The van der Waals surface area contributed by atoms with E-state index in [-0.39, 0.29) is 12.2 Å². The van der Waals surface area contributed by atoms with Crippen molar-refractivity contribution >= 4 is 17.0 Å². The van der Waals surface area contributed by atoms with Crippen molar-refractivity contribution < 1.29 is 5.11 Å². The van der Waals surface area contributed by atoms with Gasteiger partial charge in [0.15, 0.2) is 0 Å². The Labute approximate surface area is 193 Å². The number of anilines is 1. The standard InChI is InChI=1S/C26H29N5O2/c1-4-27-26-28-16-20-15-22(25(33)31(24(20)30-26)12-5-6-13-32)21-11-10-19(14-17(21)2)23-9-7-8-18(3)29-23/h7-11,14-16,32H,4-6,12-13H2,1-3H3,(H,27,28,30). The maximum absolute atomic E-state index is 13.6. The molecular weight excluding hydrogens is 414 g/mol. The van der Waals surface area contributed by atoms with Crippen LogP contribution < -0.4 is 10.9 Å². The van der Waals surface area contributed by atoms with Crippen LogP contribution in [0.2, 0.25) is 0 Å². The van der Waals surface area contributed by atoms with Crippen LogP contribution in [0.1, 0.15) is 31.0 Å². The molecule has 0 aliphatic rings. The number of aryl methyl sites for hydroxylation is 3. The molecule has 3 heterocycles. The number of aromatic nitrogens is 4. The molecule has 0 atom stereocenters. The number of rotatable bonds is 8. The molecule has 0 saturated carbocycles. The van der Waals surface area contributed by atoms with Gasteiger partial charge in [0.2, 0.25) is 5.95 Å². The summed E-state index contributed by atoms with van der Waals surface area (Å²) in [6, 6.07) is 13.9. The first-order valence-electron chi connectivity index (χ1n) is 11.3. The zero-order chi connectivity index (χ0) is 23.4. The highest BCUT2D eigenvalue weighted by Crippen LogP contribution is 2.28. The van der Waals surface area contributed by atoms with Crippen LogP contribution in [0.4, 0.5) is 5.95 Å². The molecule has 2 N–H and O–H groups in total. The van der Waals surface area contributed by atoms with E-state index in [2.05, 4.69) is 26.3 Å². The third-order valence-electron chi connectivity index (χ3n) is 5.65. The van der Waals surface area contributed by atoms with Crippen molar-refractivity contribution in [2.75, 3.05) is 18.5 Å². The molecule has 0 radical (unpaired) electrons. The normalized spacial score (nSPS) is 11.2. The predicted octanol–water partition coefficient (Wildman–Crippen LogP) is 4.34. The fourth-order valence-electron chi connectivity index (χ4n) is 4.01. The number of unbranched alkanes of at least 4 members (excludes halogenated alkanes) is 1. The molecule has 33 heavy (non-hydrogen) atoms. The van der Waals surface area contributed by atoms with Gasteiger partial charge in [0.1, 0.15) is 5.65 Å². The van der Waals surface area contributed by atoms with Crippen molar-refractivity contribution in [2.24, 2.45) is 0 Å². The lowest BCUT2D eigenvalue weighted by molar-refractivity contribution is 0.281. The van der Waals surface area contributed by atoms with Crippen LogP contribution in [0.5, 0.6) is 0 Å². The number of benzene rings is 1. The zero-order valence-corrected chi connectivity index (χ0v) is 19.3. The number of fused-ring (bicyclic) bond motifs is 1. The van der Waals surface area contributed by atoms with E-state index in [1.807, 2.05) is 57.2 Å². The molecule has 0 aliphatic heterocycles. The van der Waals surface area contributed by atoms with E-state index in [9.17, 15) is 9.90 Å². The van der Waals surface area contributed by atoms with E-state index >= 15 is 0 Å². The van der Waals surface area contributed by atoms with Crippen molar-refractivity contribution in [3.8, 4) is 22.4 Å². The molecule has 1 aromatic carbocycles. The summed E-state index contributed by atoms with van der Waals surface area (Å²) in [7, 11) is 0. The van der Waals surface area contributed by atoms with E-state index in [1.54, 1.807) is 10.8 Å². The van der Waals surface area contributed by atoms with Crippen molar-refractivity contribution in [1.29, 1.82) is 0 Å². The maximum Gasteiger partial charge on any atom is 0.260 e. The lowest BCUT2D eigenvalue weighted by Crippen LogP contribution is -2.24. The van der Waals surface area contributed by atoms with Crippen LogP contribution in [0.15, 0.2) is 53.5 Å². The van der Waals surface area contributed by atoms with E-state index in [0.717, 1.165) is 33.5 Å². The minimum Gasteiger partial charge on any atom is -0.396 e. The second-order valence-electron chi connectivity index (χ2n) is 8.14. The van der Waals surface area contributed by atoms with E-state index in [4.69, 9.17) is 0 Å². The van der Waals surface area contributed by atoms with Gasteiger partial charge >= 0.3 is 0 Å². The van der Waals surface area contributed by atoms with Gasteiger partial charge < -0.3 is 10.4 Å². The number of aliphatic hydroxyl groups is 1. The molecule has 3 aromatic heterocycles. The molecule has 7 nitrogen and oxygen atoms in total. The highest BCUT2D eigenvalue weighted by Gasteiger charge is 2.15. The highest BCUT2D eigenvalue weighted by molar-refractivity contribution is 5.83. The van der Waals surface area contributed by atoms with Crippen molar-refractivity contribution in [3.05, 3.63) is 70.3 Å². The Kier molecular flexibility index (Phi) is 6.79. The smallest absolute Gasteiger partial charge is 0.260 e. The number of pyridine rings is 2. The SMILES string of the molecule is CCNc1ncc2cc(-c3ccc(-c4cccc(C)n4)cc3C)c(=O)n(CCCCO)c2n1. The van der Waals surface area contributed by atoms with Gasteiger partial charge in [-0.2, -0.15) is 4.98 Å². The fourth-order valence-corrected chi connectivity index (χ4v) is 4.01. The largest absolute Gasteiger partial charge is 0.396 e. The van der Waals surface area contributed by atoms with Crippen molar-refractivity contribution in [2.45, 2.75) is 40.2 Å². The average Bonchev–Trinajstić information content (AvgIpc) is 2.81.